The van der Waals surface area contributed by atoms with Gasteiger partial charge in [-0.2, -0.15) is 0 Å². The summed E-state index contributed by atoms with van der Waals surface area (Å²) in [5.41, 5.74) is 0.264. The van der Waals surface area contributed by atoms with Gasteiger partial charge in [-0.15, -0.1) is 0 Å². The Morgan fingerprint density at radius 3 is 2.20 bits per heavy atom. The van der Waals surface area contributed by atoms with Crippen molar-refractivity contribution in [1.82, 2.24) is 4.90 Å². The zero-order chi connectivity index (χ0) is 11.7. The molecule has 0 aliphatic carbocycles. The van der Waals surface area contributed by atoms with E-state index < -0.39 is 0 Å². The molecule has 1 rings (SSSR count). The van der Waals surface area contributed by atoms with Crippen LogP contribution < -0.4 is 0 Å². The number of aliphatic imine (C=N–C) groups is 1. The first-order chi connectivity index (χ1) is 6.73. The Hall–Kier alpha value is -0.790. The fourth-order valence-corrected chi connectivity index (χ4v) is 1.83. The van der Waals surface area contributed by atoms with Crippen LogP contribution in [-0.2, 0) is 0 Å². The van der Waals surface area contributed by atoms with Crippen molar-refractivity contribution in [3.63, 3.8) is 0 Å². The Kier molecular flexibility index (Phi) is 3.27. The van der Waals surface area contributed by atoms with E-state index in [0.29, 0.717) is 0 Å². The summed E-state index contributed by atoms with van der Waals surface area (Å²) >= 11 is 0. The lowest BCUT2D eigenvalue weighted by Crippen LogP contribution is -2.50. The zero-order valence-corrected chi connectivity index (χ0v) is 11.0. The van der Waals surface area contributed by atoms with Gasteiger partial charge in [-0.25, -0.2) is 4.99 Å². The fraction of sp³-hybridized carbons (Fsp3) is 0.769. The summed E-state index contributed by atoms with van der Waals surface area (Å²) in [5.74, 6) is 1.20. The van der Waals surface area contributed by atoms with Gasteiger partial charge in [-0.1, -0.05) is 26.8 Å². The lowest BCUT2D eigenvalue weighted by atomic mass is 9.91. The van der Waals surface area contributed by atoms with Gasteiger partial charge in [0, 0.05) is 23.7 Å². The lowest BCUT2D eigenvalue weighted by Gasteiger charge is -2.42. The highest BCUT2D eigenvalue weighted by molar-refractivity contribution is 5.88. The first kappa shape index (κ1) is 12.3. The minimum atomic E-state index is 0.113. The molecule has 0 aromatic rings. The van der Waals surface area contributed by atoms with Crippen LogP contribution in [0.5, 0.6) is 0 Å². The predicted octanol–water partition coefficient (Wildman–Crippen LogP) is 3.45. The van der Waals surface area contributed by atoms with Gasteiger partial charge in [0.2, 0.25) is 0 Å². The van der Waals surface area contributed by atoms with Gasteiger partial charge in [0.15, 0.2) is 0 Å². The quantitative estimate of drug-likeness (QED) is 0.595. The maximum absolute atomic E-state index is 4.60. The van der Waals surface area contributed by atoms with Gasteiger partial charge < -0.3 is 4.90 Å². The van der Waals surface area contributed by atoms with E-state index in [-0.39, 0.29) is 11.0 Å². The lowest BCUT2D eigenvalue weighted by molar-refractivity contribution is 0.221. The van der Waals surface area contributed by atoms with E-state index in [4.69, 9.17) is 0 Å². The fourth-order valence-electron chi connectivity index (χ4n) is 1.83. The Balaban J connectivity index is 3.05. The molecule has 0 saturated carbocycles. The molecule has 0 atom stereocenters. The van der Waals surface area contributed by atoms with E-state index in [2.05, 4.69) is 57.5 Å². The molecule has 0 fully saturated rings. The van der Waals surface area contributed by atoms with E-state index in [1.54, 1.807) is 0 Å². The summed E-state index contributed by atoms with van der Waals surface area (Å²) < 4.78 is 0. The molecule has 0 radical (unpaired) electrons. The van der Waals surface area contributed by atoms with Crippen molar-refractivity contribution in [3.8, 4) is 0 Å². The number of hydrogen-bond acceptors (Lipinski definition) is 2. The highest BCUT2D eigenvalue weighted by Gasteiger charge is 2.31. The van der Waals surface area contributed by atoms with Crippen molar-refractivity contribution in [2.24, 2.45) is 10.4 Å². The number of amidine groups is 1. The summed E-state index contributed by atoms with van der Waals surface area (Å²) in [6.07, 6.45) is 5.18. The third kappa shape index (κ3) is 3.08. The molecule has 0 aromatic carbocycles. The molecule has 0 N–H and O–H groups in total. The molecular weight excluding hydrogens is 184 g/mol. The molecule has 0 bridgehead atoms. The van der Waals surface area contributed by atoms with Crippen LogP contribution in [0.15, 0.2) is 17.3 Å². The molecule has 15 heavy (non-hydrogen) atoms. The van der Waals surface area contributed by atoms with E-state index in [1.807, 2.05) is 6.20 Å². The van der Waals surface area contributed by atoms with Gasteiger partial charge >= 0.3 is 0 Å². The van der Waals surface area contributed by atoms with E-state index in [9.17, 15) is 0 Å². The van der Waals surface area contributed by atoms with Crippen LogP contribution in [0.25, 0.3) is 0 Å². The van der Waals surface area contributed by atoms with Crippen molar-refractivity contribution in [2.75, 3.05) is 6.54 Å². The number of rotatable bonds is 0. The third-order valence-electron chi connectivity index (χ3n) is 2.56. The van der Waals surface area contributed by atoms with Crippen LogP contribution in [0, 0.1) is 5.41 Å². The minimum Gasteiger partial charge on any atom is -0.354 e. The van der Waals surface area contributed by atoms with E-state index in [1.165, 1.54) is 5.84 Å². The molecule has 86 valence electrons. The number of hydrogen-bond donors (Lipinski definition) is 0. The van der Waals surface area contributed by atoms with Gasteiger partial charge in [0.25, 0.3) is 0 Å². The topological polar surface area (TPSA) is 15.6 Å². The highest BCUT2D eigenvalue weighted by atomic mass is 15.2. The average molecular weight is 208 g/mol. The van der Waals surface area contributed by atoms with Crippen molar-refractivity contribution in [3.05, 3.63) is 12.3 Å². The Morgan fingerprint density at radius 1 is 1.13 bits per heavy atom. The van der Waals surface area contributed by atoms with Gasteiger partial charge in [0.05, 0.1) is 0 Å². The standard InChI is InChI=1S/C13H24N2/c1-12(2,3)11-14-9-7-8-10-15(11)13(4,5)6/h7,9H,8,10H2,1-6H3. The van der Waals surface area contributed by atoms with E-state index in [0.717, 1.165) is 13.0 Å². The molecular formula is C13H24N2. The van der Waals surface area contributed by atoms with Crippen LogP contribution in [0.4, 0.5) is 0 Å². The van der Waals surface area contributed by atoms with Crippen molar-refractivity contribution in [2.45, 2.75) is 53.5 Å². The predicted molar refractivity (Wildman–Crippen MR) is 67.1 cm³/mol. The summed E-state index contributed by atoms with van der Waals surface area (Å²) in [6.45, 7) is 14.5. The average Bonchev–Trinajstić information content (AvgIpc) is 2.24. The first-order valence-corrected chi connectivity index (χ1v) is 5.74. The SMILES string of the molecule is CC(C)(C)C1=NC=CCCN1C(C)(C)C. The van der Waals surface area contributed by atoms with Crippen molar-refractivity contribution in [1.29, 1.82) is 0 Å². The minimum absolute atomic E-state index is 0.113. The molecule has 0 saturated heterocycles. The summed E-state index contributed by atoms with van der Waals surface area (Å²) in [7, 11) is 0. The smallest absolute Gasteiger partial charge is 0.110 e. The Bertz CT molecular complexity index is 274. The zero-order valence-electron chi connectivity index (χ0n) is 11.0. The normalized spacial score (nSPS) is 18.8. The Morgan fingerprint density at radius 2 is 1.73 bits per heavy atom. The second kappa shape index (κ2) is 3.99. The molecule has 1 aliphatic rings. The van der Waals surface area contributed by atoms with Crippen molar-refractivity contribution >= 4 is 5.84 Å². The molecule has 2 heteroatoms. The molecule has 0 spiro atoms. The summed E-state index contributed by atoms with van der Waals surface area (Å²) in [6, 6.07) is 0. The largest absolute Gasteiger partial charge is 0.354 e. The molecule has 2 nitrogen and oxygen atoms in total. The maximum atomic E-state index is 4.60. The van der Waals surface area contributed by atoms with Crippen LogP contribution in [0.1, 0.15) is 48.0 Å². The molecule has 1 heterocycles. The second-order valence-electron chi connectivity index (χ2n) is 6.20. The van der Waals surface area contributed by atoms with Gasteiger partial charge in [-0.05, 0) is 27.2 Å². The summed E-state index contributed by atoms with van der Waals surface area (Å²) in [5, 5.41) is 0. The summed E-state index contributed by atoms with van der Waals surface area (Å²) in [4.78, 5) is 7.03. The maximum Gasteiger partial charge on any atom is 0.110 e. The highest BCUT2D eigenvalue weighted by Crippen LogP contribution is 2.26. The molecule has 1 aliphatic heterocycles. The third-order valence-corrected chi connectivity index (χ3v) is 2.56. The monoisotopic (exact) mass is 208 g/mol. The van der Waals surface area contributed by atoms with Crippen LogP contribution in [-0.4, -0.2) is 22.8 Å². The number of nitrogens with zero attached hydrogens (tertiary/aromatic N) is 2. The van der Waals surface area contributed by atoms with Crippen LogP contribution in [0.3, 0.4) is 0 Å². The molecule has 0 amide bonds. The molecule has 0 aromatic heterocycles. The first-order valence-electron chi connectivity index (χ1n) is 5.74. The van der Waals surface area contributed by atoms with E-state index >= 15 is 0 Å². The molecule has 0 unspecified atom stereocenters. The van der Waals surface area contributed by atoms with Gasteiger partial charge in [0.1, 0.15) is 5.84 Å². The van der Waals surface area contributed by atoms with Crippen LogP contribution >= 0.6 is 0 Å². The Labute approximate surface area is 94.1 Å². The van der Waals surface area contributed by atoms with Crippen molar-refractivity contribution < 1.29 is 0 Å². The second-order valence-corrected chi connectivity index (χ2v) is 6.20. The van der Waals surface area contributed by atoms with Crippen LogP contribution in [0.2, 0.25) is 0 Å². The van der Waals surface area contributed by atoms with Gasteiger partial charge in [-0.3, -0.25) is 0 Å².